The molecule has 3 fully saturated rings. The molecule has 6 aromatic heterocycles. The van der Waals surface area contributed by atoms with E-state index in [4.69, 9.17) is 4.98 Å². The first kappa shape index (κ1) is 38.8. The van der Waals surface area contributed by atoms with Crippen LogP contribution in [0, 0.1) is 26.7 Å². The number of aldehydes is 1. The largest absolute Gasteiger partial charge is 0.351 e. The molecule has 0 spiro atoms. The molecule has 3 aliphatic carbocycles. The minimum atomic E-state index is 0.437. The van der Waals surface area contributed by atoms with Crippen molar-refractivity contribution in [2.75, 3.05) is 10.6 Å². The van der Waals surface area contributed by atoms with Crippen molar-refractivity contribution >= 4 is 35.1 Å². The standard InChI is InChI=1S/C16H15N5O.C16H16N4.C15H15N5/c1-10-3-2-4-11(7-10)14-19-15-12(9-22)8-17-21(15)16(20-14)18-13-5-6-13;1-11-3-2-4-13(9-11)16-18-14-7-8-17-20(14)15(19-16)10-12-5-6-12;1-10-3-2-4-11(9-10)14-18-13-7-8-16-20(13)15(19-14)17-12-5-6-12/h2-4,7-9,13H,5-6H2,1H3,(H,18,19,20);2-4,7-9,12H,5-6,10H2,1H3;2-4,7-9,12H,5-6H2,1H3,(H,17,18,19). The summed E-state index contributed by atoms with van der Waals surface area (Å²) >= 11 is 0. The SMILES string of the molecule is Cc1cccc(-c2nc(CC3CC3)n3nccc3n2)c1.Cc1cccc(-c2nc(NC3CC3)n3ncc(C=O)c3n2)c1.Cc1cccc(-c2nc(NC3CC3)n3nccc3n2)c1. The number of fused-ring (bicyclic) bond motifs is 3. The Bertz CT molecular complexity index is 2930. The topological polar surface area (TPSA) is 170 Å². The van der Waals surface area contributed by atoms with Gasteiger partial charge in [0.05, 0.1) is 24.2 Å². The number of aromatic nitrogens is 12. The molecule has 12 rings (SSSR count). The molecule has 15 nitrogen and oxygen atoms in total. The third-order valence-corrected chi connectivity index (χ3v) is 10.9. The fourth-order valence-electron chi connectivity index (χ4n) is 7.15. The summed E-state index contributed by atoms with van der Waals surface area (Å²) in [4.78, 5) is 38.9. The van der Waals surface area contributed by atoms with E-state index in [1.165, 1.54) is 43.0 Å². The maximum Gasteiger partial charge on any atom is 0.228 e. The van der Waals surface area contributed by atoms with Gasteiger partial charge in [-0.3, -0.25) is 4.79 Å². The maximum absolute atomic E-state index is 11.2. The van der Waals surface area contributed by atoms with E-state index in [2.05, 4.69) is 101 Å². The van der Waals surface area contributed by atoms with Gasteiger partial charge < -0.3 is 10.6 Å². The summed E-state index contributed by atoms with van der Waals surface area (Å²) in [6.07, 6.45) is 14.1. The van der Waals surface area contributed by atoms with Gasteiger partial charge >= 0.3 is 0 Å². The zero-order valence-electron chi connectivity index (χ0n) is 34.8. The molecule has 2 N–H and O–H groups in total. The highest BCUT2D eigenvalue weighted by atomic mass is 16.1. The van der Waals surface area contributed by atoms with Crippen molar-refractivity contribution in [1.82, 2.24) is 58.7 Å². The van der Waals surface area contributed by atoms with E-state index in [0.29, 0.717) is 35.1 Å². The molecule has 0 saturated heterocycles. The smallest absolute Gasteiger partial charge is 0.228 e. The van der Waals surface area contributed by atoms with Crippen LogP contribution in [-0.2, 0) is 6.42 Å². The van der Waals surface area contributed by atoms with Crippen molar-refractivity contribution in [3.05, 3.63) is 132 Å². The number of carbonyl (C=O) groups is 1. The lowest BCUT2D eigenvalue weighted by Crippen LogP contribution is -2.11. The number of carbonyl (C=O) groups excluding carboxylic acids is 1. The molecule has 3 aromatic carbocycles. The summed E-state index contributed by atoms with van der Waals surface area (Å²) in [6.45, 7) is 6.19. The van der Waals surface area contributed by atoms with Gasteiger partial charge in [0.25, 0.3) is 0 Å². The first-order chi connectivity index (χ1) is 30.3. The highest BCUT2D eigenvalue weighted by molar-refractivity contribution is 5.84. The monoisotopic (exact) mass is 822 g/mol. The molecule has 62 heavy (non-hydrogen) atoms. The Hall–Kier alpha value is -7.42. The molecule has 3 aliphatic rings. The molecule has 0 aliphatic heterocycles. The lowest BCUT2D eigenvalue weighted by Gasteiger charge is -2.09. The Morgan fingerprint density at radius 3 is 1.58 bits per heavy atom. The molecule has 0 atom stereocenters. The van der Waals surface area contributed by atoms with E-state index < -0.39 is 0 Å². The quantitative estimate of drug-likeness (QED) is 0.127. The van der Waals surface area contributed by atoms with Crippen LogP contribution < -0.4 is 10.6 Å². The Labute approximate surface area is 357 Å². The number of anilines is 2. The van der Waals surface area contributed by atoms with Gasteiger partial charge in [-0.2, -0.15) is 34.3 Å². The molecule has 0 bridgehead atoms. The molecular weight excluding hydrogens is 777 g/mol. The van der Waals surface area contributed by atoms with Crippen LogP contribution in [0.4, 0.5) is 11.9 Å². The lowest BCUT2D eigenvalue weighted by atomic mass is 10.1. The molecule has 9 aromatic rings. The average Bonchev–Trinajstić information content (AvgIpc) is 4.25. The summed E-state index contributed by atoms with van der Waals surface area (Å²) < 4.78 is 5.23. The number of nitrogens with one attached hydrogen (secondary N) is 2. The Morgan fingerprint density at radius 2 is 1.06 bits per heavy atom. The fourth-order valence-corrected chi connectivity index (χ4v) is 7.15. The van der Waals surface area contributed by atoms with Crippen molar-refractivity contribution < 1.29 is 4.79 Å². The van der Waals surface area contributed by atoms with Gasteiger partial charge in [0.15, 0.2) is 40.7 Å². The van der Waals surface area contributed by atoms with E-state index in [0.717, 1.165) is 88.4 Å². The normalized spacial score (nSPS) is 14.6. The predicted molar refractivity (Wildman–Crippen MR) is 238 cm³/mol. The van der Waals surface area contributed by atoms with E-state index >= 15 is 0 Å². The second-order valence-electron chi connectivity index (χ2n) is 16.5. The van der Waals surface area contributed by atoms with Crippen LogP contribution in [0.5, 0.6) is 0 Å². The summed E-state index contributed by atoms with van der Waals surface area (Å²) in [7, 11) is 0. The van der Waals surface area contributed by atoms with E-state index in [9.17, 15) is 4.79 Å². The van der Waals surface area contributed by atoms with Crippen LogP contribution in [0.15, 0.2) is 104 Å². The van der Waals surface area contributed by atoms with Gasteiger partial charge in [-0.25, -0.2) is 24.5 Å². The maximum atomic E-state index is 11.2. The van der Waals surface area contributed by atoms with Gasteiger partial charge in [0.2, 0.25) is 11.9 Å². The van der Waals surface area contributed by atoms with Crippen LogP contribution in [0.2, 0.25) is 0 Å². The van der Waals surface area contributed by atoms with Crippen molar-refractivity contribution in [1.29, 1.82) is 0 Å². The summed E-state index contributed by atoms with van der Waals surface area (Å²) in [5.74, 6) is 5.36. The van der Waals surface area contributed by atoms with Gasteiger partial charge in [-0.05, 0) is 83.4 Å². The predicted octanol–water partition coefficient (Wildman–Crippen LogP) is 8.21. The minimum Gasteiger partial charge on any atom is -0.351 e. The van der Waals surface area contributed by atoms with Crippen molar-refractivity contribution in [2.45, 2.75) is 77.8 Å². The average molecular weight is 823 g/mol. The van der Waals surface area contributed by atoms with Gasteiger partial charge in [-0.15, -0.1) is 0 Å². The molecule has 0 unspecified atom stereocenters. The minimum absolute atomic E-state index is 0.437. The van der Waals surface area contributed by atoms with E-state index in [1.54, 1.807) is 21.4 Å². The number of hydrogen-bond donors (Lipinski definition) is 2. The van der Waals surface area contributed by atoms with Crippen LogP contribution in [-0.4, -0.2) is 77.1 Å². The molecular formula is C47H46N14O. The van der Waals surface area contributed by atoms with Crippen molar-refractivity contribution in [3.63, 3.8) is 0 Å². The molecule has 0 radical (unpaired) electrons. The number of benzene rings is 3. The third-order valence-electron chi connectivity index (χ3n) is 10.9. The van der Waals surface area contributed by atoms with Crippen molar-refractivity contribution in [2.24, 2.45) is 5.92 Å². The zero-order valence-corrected chi connectivity index (χ0v) is 34.8. The first-order valence-corrected chi connectivity index (χ1v) is 21.2. The number of nitrogens with zero attached hydrogens (tertiary/aromatic N) is 12. The lowest BCUT2D eigenvalue weighted by molar-refractivity contribution is 0.112. The number of aryl methyl sites for hydroxylation is 3. The van der Waals surface area contributed by atoms with Crippen molar-refractivity contribution in [3.8, 4) is 34.2 Å². The van der Waals surface area contributed by atoms with Gasteiger partial charge in [-0.1, -0.05) is 71.3 Å². The Kier molecular flexibility index (Phi) is 10.4. The van der Waals surface area contributed by atoms with E-state index in [1.807, 2.05) is 60.0 Å². The summed E-state index contributed by atoms with van der Waals surface area (Å²) in [5.41, 5.74) is 9.31. The first-order valence-electron chi connectivity index (χ1n) is 21.2. The number of hydrogen-bond acceptors (Lipinski definition) is 12. The second kappa shape index (κ2) is 16.6. The van der Waals surface area contributed by atoms with Crippen LogP contribution in [0.1, 0.15) is 71.4 Å². The molecule has 310 valence electrons. The Morgan fingerprint density at radius 1 is 0.565 bits per heavy atom. The molecule has 6 heterocycles. The fraction of sp³-hybridized carbons (Fsp3) is 0.277. The zero-order chi connectivity index (χ0) is 42.2. The van der Waals surface area contributed by atoms with Gasteiger partial charge in [0, 0.05) is 47.3 Å². The Balaban J connectivity index is 0.000000111. The molecule has 3 saturated carbocycles. The van der Waals surface area contributed by atoms with E-state index in [-0.39, 0.29) is 0 Å². The third kappa shape index (κ3) is 8.73. The van der Waals surface area contributed by atoms with Crippen LogP contribution >= 0.6 is 0 Å². The van der Waals surface area contributed by atoms with Gasteiger partial charge in [0.1, 0.15) is 5.82 Å². The highest BCUT2D eigenvalue weighted by Gasteiger charge is 2.26. The van der Waals surface area contributed by atoms with Crippen LogP contribution in [0.25, 0.3) is 51.1 Å². The summed E-state index contributed by atoms with van der Waals surface area (Å²) in [5, 5.41) is 19.6. The van der Waals surface area contributed by atoms with Crippen LogP contribution in [0.3, 0.4) is 0 Å². The number of rotatable bonds is 10. The molecule has 15 heteroatoms. The summed E-state index contributed by atoms with van der Waals surface area (Å²) in [6, 6.07) is 29.4. The highest BCUT2D eigenvalue weighted by Crippen LogP contribution is 2.33. The second-order valence-corrected chi connectivity index (χ2v) is 16.5. The molecule has 0 amide bonds.